The third-order valence-electron chi connectivity index (χ3n) is 2.45. The number of hydrogen-bond acceptors (Lipinski definition) is 3. The lowest BCUT2D eigenvalue weighted by molar-refractivity contribution is -0.0170. The van der Waals surface area contributed by atoms with Crippen molar-refractivity contribution in [2.24, 2.45) is 0 Å². The van der Waals surface area contributed by atoms with E-state index >= 15 is 0 Å². The van der Waals surface area contributed by atoms with Crippen molar-refractivity contribution in [3.8, 4) is 5.75 Å². The number of halogens is 1. The number of rotatable bonds is 3. The number of benzene rings is 1. The molecule has 1 heterocycles. The van der Waals surface area contributed by atoms with Crippen LogP contribution in [0.5, 0.6) is 5.75 Å². The summed E-state index contributed by atoms with van der Waals surface area (Å²) in [6, 6.07) is 2.51. The van der Waals surface area contributed by atoms with Crippen molar-refractivity contribution in [3.63, 3.8) is 0 Å². The zero-order chi connectivity index (χ0) is 12.3. The molecule has 92 valence electrons. The molecule has 1 amide bonds. The predicted octanol–water partition coefficient (Wildman–Crippen LogP) is 1.83. The SMILES string of the molecule is CCCNC(=O)c1cc(F)cc2c1OCOC2. The third kappa shape index (κ3) is 2.55. The number of carbonyl (C=O) groups excluding carboxylic acids is 1. The highest BCUT2D eigenvalue weighted by molar-refractivity contribution is 5.97. The second kappa shape index (κ2) is 5.14. The van der Waals surface area contributed by atoms with E-state index in [4.69, 9.17) is 9.47 Å². The molecule has 0 fully saturated rings. The Morgan fingerprint density at radius 2 is 2.35 bits per heavy atom. The molecule has 1 aliphatic rings. The molecule has 1 aliphatic heterocycles. The predicted molar refractivity (Wildman–Crippen MR) is 59.3 cm³/mol. The lowest BCUT2D eigenvalue weighted by atomic mass is 10.1. The number of carbonyl (C=O) groups is 1. The van der Waals surface area contributed by atoms with Gasteiger partial charge in [0, 0.05) is 12.1 Å². The minimum absolute atomic E-state index is 0.0900. The lowest BCUT2D eigenvalue weighted by Gasteiger charge is -2.20. The van der Waals surface area contributed by atoms with Gasteiger partial charge in [0.05, 0.1) is 12.2 Å². The fraction of sp³-hybridized carbons (Fsp3) is 0.417. The summed E-state index contributed by atoms with van der Waals surface area (Å²) in [5, 5.41) is 2.70. The van der Waals surface area contributed by atoms with E-state index in [2.05, 4.69) is 5.32 Å². The first-order valence-corrected chi connectivity index (χ1v) is 5.53. The van der Waals surface area contributed by atoms with Crippen LogP contribution < -0.4 is 10.1 Å². The molecule has 0 radical (unpaired) electrons. The molecule has 0 aromatic heterocycles. The largest absolute Gasteiger partial charge is 0.466 e. The molecule has 0 aliphatic carbocycles. The molecular weight excluding hydrogens is 225 g/mol. The molecule has 0 atom stereocenters. The van der Waals surface area contributed by atoms with Crippen molar-refractivity contribution in [1.29, 1.82) is 0 Å². The molecule has 5 heteroatoms. The molecule has 0 unspecified atom stereocenters. The van der Waals surface area contributed by atoms with Crippen LogP contribution in [0.3, 0.4) is 0 Å². The van der Waals surface area contributed by atoms with Gasteiger partial charge in [-0.25, -0.2) is 4.39 Å². The van der Waals surface area contributed by atoms with Crippen LogP contribution >= 0.6 is 0 Å². The van der Waals surface area contributed by atoms with E-state index in [1.807, 2.05) is 6.92 Å². The van der Waals surface area contributed by atoms with Crippen molar-refractivity contribution < 1.29 is 18.7 Å². The van der Waals surface area contributed by atoms with Gasteiger partial charge in [-0.05, 0) is 18.6 Å². The quantitative estimate of drug-likeness (QED) is 0.875. The van der Waals surface area contributed by atoms with Crippen LogP contribution in [0.15, 0.2) is 12.1 Å². The topological polar surface area (TPSA) is 47.6 Å². The van der Waals surface area contributed by atoms with Gasteiger partial charge in [0.25, 0.3) is 5.91 Å². The Labute approximate surface area is 98.7 Å². The average Bonchev–Trinajstić information content (AvgIpc) is 2.34. The molecule has 1 aromatic rings. The zero-order valence-electron chi connectivity index (χ0n) is 9.59. The zero-order valence-corrected chi connectivity index (χ0v) is 9.59. The monoisotopic (exact) mass is 239 g/mol. The van der Waals surface area contributed by atoms with Crippen LogP contribution in [-0.2, 0) is 11.3 Å². The third-order valence-corrected chi connectivity index (χ3v) is 2.45. The Kier molecular flexibility index (Phi) is 3.58. The van der Waals surface area contributed by atoms with Crippen LogP contribution in [0.1, 0.15) is 29.3 Å². The maximum absolute atomic E-state index is 13.3. The van der Waals surface area contributed by atoms with E-state index < -0.39 is 5.82 Å². The summed E-state index contributed by atoms with van der Waals surface area (Å²) in [4.78, 5) is 11.8. The molecule has 17 heavy (non-hydrogen) atoms. The van der Waals surface area contributed by atoms with Crippen LogP contribution in [-0.4, -0.2) is 19.2 Å². The van der Waals surface area contributed by atoms with Crippen LogP contribution in [0.25, 0.3) is 0 Å². The van der Waals surface area contributed by atoms with Gasteiger partial charge in [-0.2, -0.15) is 0 Å². The summed E-state index contributed by atoms with van der Waals surface area (Å²) in [7, 11) is 0. The first kappa shape index (κ1) is 11.9. The molecule has 0 saturated carbocycles. The summed E-state index contributed by atoms with van der Waals surface area (Å²) < 4.78 is 23.7. The van der Waals surface area contributed by atoms with Crippen molar-refractivity contribution in [2.75, 3.05) is 13.3 Å². The molecule has 4 nitrogen and oxygen atoms in total. The Balaban J connectivity index is 2.32. The standard InChI is InChI=1S/C12H14FNO3/c1-2-3-14-12(15)10-5-9(13)4-8-6-16-7-17-11(8)10/h4-5H,2-3,6-7H2,1H3,(H,14,15). The summed E-state index contributed by atoms with van der Waals surface area (Å²) >= 11 is 0. The molecule has 0 bridgehead atoms. The highest BCUT2D eigenvalue weighted by Crippen LogP contribution is 2.29. The maximum Gasteiger partial charge on any atom is 0.255 e. The minimum Gasteiger partial charge on any atom is -0.466 e. The van der Waals surface area contributed by atoms with Crippen molar-refractivity contribution in [1.82, 2.24) is 5.32 Å². The van der Waals surface area contributed by atoms with E-state index in [1.54, 1.807) is 0 Å². The van der Waals surface area contributed by atoms with Crippen LogP contribution in [0, 0.1) is 5.82 Å². The maximum atomic E-state index is 13.3. The average molecular weight is 239 g/mol. The smallest absolute Gasteiger partial charge is 0.255 e. The summed E-state index contributed by atoms with van der Waals surface area (Å²) in [5.74, 6) is -0.352. The summed E-state index contributed by atoms with van der Waals surface area (Å²) in [5.41, 5.74) is 0.801. The Bertz CT molecular complexity index is 434. The first-order valence-electron chi connectivity index (χ1n) is 5.53. The van der Waals surface area contributed by atoms with Gasteiger partial charge in [-0.15, -0.1) is 0 Å². The number of nitrogens with one attached hydrogen (secondary N) is 1. The molecule has 1 aromatic carbocycles. The highest BCUT2D eigenvalue weighted by Gasteiger charge is 2.21. The fourth-order valence-corrected chi connectivity index (χ4v) is 1.68. The summed E-state index contributed by atoms with van der Waals surface area (Å²) in [6.45, 7) is 2.86. The first-order chi connectivity index (χ1) is 8.22. The Morgan fingerprint density at radius 1 is 1.53 bits per heavy atom. The number of hydrogen-bond donors (Lipinski definition) is 1. The number of fused-ring (bicyclic) bond motifs is 1. The lowest BCUT2D eigenvalue weighted by Crippen LogP contribution is -2.26. The number of amides is 1. The highest BCUT2D eigenvalue weighted by atomic mass is 19.1. The van der Waals surface area contributed by atoms with E-state index in [1.165, 1.54) is 12.1 Å². The molecule has 0 saturated heterocycles. The van der Waals surface area contributed by atoms with E-state index in [9.17, 15) is 9.18 Å². The molecule has 2 rings (SSSR count). The van der Waals surface area contributed by atoms with Gasteiger partial charge in [-0.1, -0.05) is 6.92 Å². The van der Waals surface area contributed by atoms with Gasteiger partial charge in [0.2, 0.25) is 0 Å². The van der Waals surface area contributed by atoms with E-state index in [0.717, 1.165) is 6.42 Å². The van der Waals surface area contributed by atoms with Gasteiger partial charge in [0.15, 0.2) is 6.79 Å². The second-order valence-electron chi connectivity index (χ2n) is 3.81. The second-order valence-corrected chi connectivity index (χ2v) is 3.81. The Hall–Kier alpha value is -1.62. The fourth-order valence-electron chi connectivity index (χ4n) is 1.68. The van der Waals surface area contributed by atoms with Gasteiger partial charge >= 0.3 is 0 Å². The van der Waals surface area contributed by atoms with Crippen LogP contribution in [0.2, 0.25) is 0 Å². The van der Waals surface area contributed by atoms with Crippen molar-refractivity contribution in [2.45, 2.75) is 20.0 Å². The summed E-state index contributed by atoms with van der Waals surface area (Å²) in [6.07, 6.45) is 0.827. The van der Waals surface area contributed by atoms with Crippen molar-refractivity contribution >= 4 is 5.91 Å². The van der Waals surface area contributed by atoms with Crippen LogP contribution in [0.4, 0.5) is 4.39 Å². The van der Waals surface area contributed by atoms with Gasteiger partial charge in [0.1, 0.15) is 11.6 Å². The molecule has 0 spiro atoms. The van der Waals surface area contributed by atoms with Gasteiger partial charge in [-0.3, -0.25) is 4.79 Å². The van der Waals surface area contributed by atoms with Gasteiger partial charge < -0.3 is 14.8 Å². The van der Waals surface area contributed by atoms with E-state index in [0.29, 0.717) is 17.9 Å². The molecule has 1 N–H and O–H groups in total. The minimum atomic E-state index is -0.459. The number of ether oxygens (including phenoxy) is 2. The normalized spacial score (nSPS) is 13.8. The van der Waals surface area contributed by atoms with E-state index in [-0.39, 0.29) is 24.9 Å². The molecular formula is C12H14FNO3. The Morgan fingerprint density at radius 3 is 3.12 bits per heavy atom. The van der Waals surface area contributed by atoms with Crippen molar-refractivity contribution in [3.05, 3.63) is 29.1 Å².